The van der Waals surface area contributed by atoms with Crippen LogP contribution < -0.4 is 0 Å². The van der Waals surface area contributed by atoms with Gasteiger partial charge in [-0.2, -0.15) is 5.10 Å². The molecule has 0 fully saturated rings. The summed E-state index contributed by atoms with van der Waals surface area (Å²) in [5, 5.41) is 4.68. The van der Waals surface area contributed by atoms with E-state index in [0.717, 1.165) is 5.56 Å². The summed E-state index contributed by atoms with van der Waals surface area (Å²) in [6.45, 7) is 1.96. The van der Waals surface area contributed by atoms with Crippen LogP contribution >= 0.6 is 39.1 Å². The number of hydrogen-bond acceptors (Lipinski definition) is 4. The van der Waals surface area contributed by atoms with E-state index in [2.05, 4.69) is 26.0 Å². The van der Waals surface area contributed by atoms with Crippen molar-refractivity contribution in [2.24, 2.45) is 0 Å². The molecule has 2 heterocycles. The second-order valence-electron chi connectivity index (χ2n) is 4.56. The van der Waals surface area contributed by atoms with E-state index in [1.54, 1.807) is 6.92 Å². The van der Waals surface area contributed by atoms with Crippen molar-refractivity contribution in [1.82, 2.24) is 14.6 Å². The quantitative estimate of drug-likeness (QED) is 0.462. The van der Waals surface area contributed by atoms with Crippen molar-refractivity contribution in [3.8, 4) is 11.1 Å². The Morgan fingerprint density at radius 3 is 2.65 bits per heavy atom. The Hall–Kier alpha value is -1.63. The molecule has 3 rings (SSSR count). The zero-order valence-electron chi connectivity index (χ0n) is 11.9. The Kier molecular flexibility index (Phi) is 4.57. The van der Waals surface area contributed by atoms with E-state index < -0.39 is 5.97 Å². The lowest BCUT2D eigenvalue weighted by atomic mass is 10.1. The zero-order valence-corrected chi connectivity index (χ0v) is 15.0. The van der Waals surface area contributed by atoms with E-state index >= 15 is 0 Å². The fourth-order valence-electron chi connectivity index (χ4n) is 2.19. The molecule has 23 heavy (non-hydrogen) atoms. The topological polar surface area (TPSA) is 56.5 Å². The number of hydrogen-bond donors (Lipinski definition) is 0. The molecule has 0 saturated heterocycles. The Morgan fingerprint density at radius 2 is 2.00 bits per heavy atom. The predicted octanol–water partition coefficient (Wildman–Crippen LogP) is 4.64. The Labute approximate surface area is 150 Å². The van der Waals surface area contributed by atoms with Gasteiger partial charge in [-0.05, 0) is 28.4 Å². The molecule has 0 atom stereocenters. The van der Waals surface area contributed by atoms with E-state index in [0.29, 0.717) is 10.2 Å². The molecule has 0 aliphatic carbocycles. The average molecular weight is 415 g/mol. The summed E-state index contributed by atoms with van der Waals surface area (Å²) in [5.74, 6) is -0.540. The minimum atomic E-state index is -0.540. The maximum absolute atomic E-state index is 12.1. The minimum Gasteiger partial charge on any atom is -0.462 e. The molecule has 118 valence electrons. The molecule has 2 aromatic heterocycles. The highest BCUT2D eigenvalue weighted by Gasteiger charge is 2.25. The predicted molar refractivity (Wildman–Crippen MR) is 92.1 cm³/mol. The Bertz CT molecular complexity index is 897. The molecule has 0 N–H and O–H groups in total. The molecule has 5 nitrogen and oxygen atoms in total. The number of halogens is 3. The van der Waals surface area contributed by atoms with Crippen molar-refractivity contribution >= 4 is 50.7 Å². The zero-order chi connectivity index (χ0) is 16.6. The minimum absolute atomic E-state index is 0.187. The van der Waals surface area contributed by atoms with Crippen LogP contribution in [0.3, 0.4) is 0 Å². The second-order valence-corrected chi connectivity index (χ2v) is 6.02. The van der Waals surface area contributed by atoms with Crippen LogP contribution in [0.5, 0.6) is 0 Å². The molecule has 1 aromatic carbocycles. The lowest BCUT2D eigenvalue weighted by molar-refractivity contribution is 0.0527. The first-order valence-corrected chi connectivity index (χ1v) is 8.25. The van der Waals surface area contributed by atoms with E-state index in [9.17, 15) is 4.79 Å². The number of nitrogens with zero attached hydrogens (tertiary/aromatic N) is 3. The van der Waals surface area contributed by atoms with Gasteiger partial charge >= 0.3 is 5.97 Å². The number of fused-ring (bicyclic) bond motifs is 1. The molecule has 0 spiro atoms. The summed E-state index contributed by atoms with van der Waals surface area (Å²) < 4.78 is 6.69. The van der Waals surface area contributed by atoms with Gasteiger partial charge in [0.05, 0.1) is 12.2 Å². The SMILES string of the molecule is CCOC(=O)c1c(Br)nn2c(Cl)c(-c3ccccc3)c(Cl)nc12. The smallest absolute Gasteiger partial charge is 0.344 e. The van der Waals surface area contributed by atoms with Crippen LogP contribution in [0, 0.1) is 0 Å². The van der Waals surface area contributed by atoms with Crippen LogP contribution in [0.2, 0.25) is 10.3 Å². The van der Waals surface area contributed by atoms with Crippen LogP contribution in [0.1, 0.15) is 17.3 Å². The highest BCUT2D eigenvalue weighted by molar-refractivity contribution is 9.10. The van der Waals surface area contributed by atoms with Gasteiger partial charge in [-0.3, -0.25) is 0 Å². The number of esters is 1. The van der Waals surface area contributed by atoms with E-state index in [-0.39, 0.29) is 28.1 Å². The molecule has 0 aliphatic heterocycles. The number of rotatable bonds is 3. The van der Waals surface area contributed by atoms with Gasteiger partial charge < -0.3 is 4.74 Å². The lowest BCUT2D eigenvalue weighted by Crippen LogP contribution is -2.06. The van der Waals surface area contributed by atoms with Gasteiger partial charge in [0.2, 0.25) is 0 Å². The molecule has 3 aromatic rings. The fraction of sp³-hybridized carbons (Fsp3) is 0.133. The van der Waals surface area contributed by atoms with Crippen LogP contribution in [0.4, 0.5) is 0 Å². The van der Waals surface area contributed by atoms with Gasteiger partial charge in [0.15, 0.2) is 5.65 Å². The number of carbonyl (C=O) groups excluding carboxylic acids is 1. The van der Waals surface area contributed by atoms with E-state index in [4.69, 9.17) is 27.9 Å². The Morgan fingerprint density at radius 1 is 1.30 bits per heavy atom. The van der Waals surface area contributed by atoms with Gasteiger partial charge in [0, 0.05) is 0 Å². The van der Waals surface area contributed by atoms with E-state index in [1.165, 1.54) is 4.52 Å². The molecule has 0 unspecified atom stereocenters. The maximum Gasteiger partial charge on any atom is 0.344 e. The second kappa shape index (κ2) is 6.47. The van der Waals surface area contributed by atoms with Crippen molar-refractivity contribution in [2.45, 2.75) is 6.92 Å². The highest BCUT2D eigenvalue weighted by Crippen LogP contribution is 2.35. The van der Waals surface area contributed by atoms with Crippen LogP contribution in [0.15, 0.2) is 34.9 Å². The standard InChI is InChI=1S/C15H10BrCl2N3O2/c1-2-23-15(22)10-11(16)20-21-13(18)9(12(17)19-14(10)21)8-6-4-3-5-7-8/h3-7H,2H2,1H3. The Balaban J connectivity index is 2.28. The number of benzene rings is 1. The van der Waals surface area contributed by atoms with Crippen molar-refractivity contribution < 1.29 is 9.53 Å². The van der Waals surface area contributed by atoms with Crippen molar-refractivity contribution in [2.75, 3.05) is 6.61 Å². The fourth-order valence-corrected chi connectivity index (χ4v) is 3.33. The first-order valence-electron chi connectivity index (χ1n) is 6.70. The molecular weight excluding hydrogens is 405 g/mol. The summed E-state index contributed by atoms with van der Waals surface area (Å²) in [4.78, 5) is 16.4. The monoisotopic (exact) mass is 413 g/mol. The summed E-state index contributed by atoms with van der Waals surface area (Å²) in [6.07, 6.45) is 0. The van der Waals surface area contributed by atoms with Gasteiger partial charge in [0.25, 0.3) is 0 Å². The van der Waals surface area contributed by atoms with Crippen LogP contribution in [0.25, 0.3) is 16.8 Å². The third-order valence-electron chi connectivity index (χ3n) is 3.16. The average Bonchev–Trinajstić information content (AvgIpc) is 2.85. The largest absolute Gasteiger partial charge is 0.462 e. The normalized spacial score (nSPS) is 11.0. The van der Waals surface area contributed by atoms with Gasteiger partial charge in [-0.15, -0.1) is 0 Å². The number of carbonyl (C=O) groups is 1. The molecule has 0 amide bonds. The van der Waals surface area contributed by atoms with Crippen molar-refractivity contribution in [3.05, 3.63) is 50.8 Å². The molecular formula is C15H10BrCl2N3O2. The van der Waals surface area contributed by atoms with Crippen LogP contribution in [-0.2, 0) is 4.74 Å². The molecule has 0 saturated carbocycles. The highest BCUT2D eigenvalue weighted by atomic mass is 79.9. The van der Waals surface area contributed by atoms with Gasteiger partial charge in [-0.25, -0.2) is 14.3 Å². The molecule has 0 aliphatic rings. The molecule has 8 heteroatoms. The first-order chi connectivity index (χ1) is 11.0. The third kappa shape index (κ3) is 2.82. The summed E-state index contributed by atoms with van der Waals surface area (Å²) >= 11 is 16.0. The summed E-state index contributed by atoms with van der Waals surface area (Å²) in [7, 11) is 0. The summed E-state index contributed by atoms with van der Waals surface area (Å²) in [5.41, 5.74) is 1.79. The first kappa shape index (κ1) is 16.2. The number of aromatic nitrogens is 3. The van der Waals surface area contributed by atoms with Gasteiger partial charge in [0.1, 0.15) is 20.5 Å². The number of ether oxygens (including phenoxy) is 1. The van der Waals surface area contributed by atoms with Crippen molar-refractivity contribution in [3.63, 3.8) is 0 Å². The maximum atomic E-state index is 12.1. The third-order valence-corrected chi connectivity index (χ3v) is 4.34. The van der Waals surface area contributed by atoms with E-state index in [1.807, 2.05) is 30.3 Å². The lowest BCUT2D eigenvalue weighted by Gasteiger charge is -2.08. The van der Waals surface area contributed by atoms with Crippen molar-refractivity contribution in [1.29, 1.82) is 0 Å². The summed E-state index contributed by atoms with van der Waals surface area (Å²) in [6, 6.07) is 9.36. The van der Waals surface area contributed by atoms with Crippen LogP contribution in [-0.4, -0.2) is 27.2 Å². The molecule has 0 radical (unpaired) electrons. The van der Waals surface area contributed by atoms with Gasteiger partial charge in [-0.1, -0.05) is 53.5 Å². The molecule has 0 bridgehead atoms.